The third kappa shape index (κ3) is 3.03. The van der Waals surface area contributed by atoms with Gasteiger partial charge in [-0.2, -0.15) is 4.31 Å². The number of sulfonamides is 1. The zero-order valence-corrected chi connectivity index (χ0v) is 12.2. The number of hydrogen-bond acceptors (Lipinski definition) is 5. The molecule has 1 aliphatic heterocycles. The van der Waals surface area contributed by atoms with E-state index in [9.17, 15) is 23.3 Å². The second kappa shape index (κ2) is 5.78. The Balaban J connectivity index is 2.30. The second-order valence-corrected chi connectivity index (χ2v) is 6.69. The maximum Gasteiger partial charge on any atom is 0.273 e. The summed E-state index contributed by atoms with van der Waals surface area (Å²) in [5.41, 5.74) is 0.187. The van der Waals surface area contributed by atoms with Crippen molar-refractivity contribution in [1.29, 1.82) is 0 Å². The van der Waals surface area contributed by atoms with Gasteiger partial charge in [0.15, 0.2) is 0 Å². The standard InChI is InChI=1S/C12H15N3O5S/c1-10-2-3-11(8-12(10)15(17)18)21(19,20)14-6-4-13(9-16)5-7-14/h2-3,8-9H,4-7H2,1H3. The van der Waals surface area contributed by atoms with Gasteiger partial charge in [-0.05, 0) is 13.0 Å². The zero-order valence-electron chi connectivity index (χ0n) is 11.4. The number of nitro groups is 1. The minimum Gasteiger partial charge on any atom is -0.343 e. The third-order valence-electron chi connectivity index (χ3n) is 3.44. The van der Waals surface area contributed by atoms with Gasteiger partial charge in [0.25, 0.3) is 5.69 Å². The van der Waals surface area contributed by atoms with Crippen LogP contribution in [0.3, 0.4) is 0 Å². The van der Waals surface area contributed by atoms with Gasteiger partial charge in [-0.25, -0.2) is 8.42 Å². The molecule has 0 unspecified atom stereocenters. The van der Waals surface area contributed by atoms with E-state index in [-0.39, 0.29) is 23.7 Å². The van der Waals surface area contributed by atoms with Gasteiger partial charge in [-0.1, -0.05) is 6.07 Å². The van der Waals surface area contributed by atoms with Crippen LogP contribution < -0.4 is 0 Å². The van der Waals surface area contributed by atoms with Gasteiger partial charge < -0.3 is 4.90 Å². The number of piperazine rings is 1. The highest BCUT2D eigenvalue weighted by molar-refractivity contribution is 7.89. The van der Waals surface area contributed by atoms with Gasteiger partial charge in [-0.3, -0.25) is 14.9 Å². The van der Waals surface area contributed by atoms with Gasteiger partial charge in [0.1, 0.15) is 0 Å². The predicted octanol–water partition coefficient (Wildman–Crippen LogP) is 0.366. The molecule has 1 amide bonds. The first kappa shape index (κ1) is 15.4. The summed E-state index contributed by atoms with van der Waals surface area (Å²) in [6.45, 7) is 2.55. The number of nitrogens with zero attached hydrogens (tertiary/aromatic N) is 3. The minimum absolute atomic E-state index is 0.0978. The molecule has 1 aliphatic rings. The Hall–Kier alpha value is -2.00. The molecule has 21 heavy (non-hydrogen) atoms. The van der Waals surface area contributed by atoms with Gasteiger partial charge in [0.2, 0.25) is 16.4 Å². The summed E-state index contributed by atoms with van der Waals surface area (Å²) in [7, 11) is -3.78. The molecule has 0 aromatic heterocycles. The molecular weight excluding hydrogens is 298 g/mol. The molecule has 0 bridgehead atoms. The number of carbonyl (C=O) groups is 1. The number of rotatable bonds is 4. The molecule has 0 aliphatic carbocycles. The molecule has 1 fully saturated rings. The van der Waals surface area contributed by atoms with Crippen LogP contribution in [0.1, 0.15) is 5.56 Å². The molecule has 0 saturated carbocycles. The van der Waals surface area contributed by atoms with Crippen molar-refractivity contribution in [2.75, 3.05) is 26.2 Å². The summed E-state index contributed by atoms with van der Waals surface area (Å²) < 4.78 is 26.2. The maximum atomic E-state index is 12.5. The van der Waals surface area contributed by atoms with Crippen LogP contribution in [0, 0.1) is 17.0 Å². The quantitative estimate of drug-likeness (QED) is 0.454. The van der Waals surface area contributed by atoms with Crippen molar-refractivity contribution in [3.63, 3.8) is 0 Å². The van der Waals surface area contributed by atoms with Gasteiger partial charge in [-0.15, -0.1) is 0 Å². The van der Waals surface area contributed by atoms with E-state index in [2.05, 4.69) is 0 Å². The summed E-state index contributed by atoms with van der Waals surface area (Å²) in [6, 6.07) is 3.87. The number of aryl methyl sites for hydroxylation is 1. The first-order valence-corrected chi connectivity index (χ1v) is 7.75. The maximum absolute atomic E-state index is 12.5. The van der Waals surface area contributed by atoms with E-state index < -0.39 is 14.9 Å². The van der Waals surface area contributed by atoms with Gasteiger partial charge in [0, 0.05) is 37.8 Å². The third-order valence-corrected chi connectivity index (χ3v) is 5.33. The molecule has 9 heteroatoms. The molecule has 8 nitrogen and oxygen atoms in total. The van der Waals surface area contributed by atoms with E-state index in [1.807, 2.05) is 0 Å². The minimum atomic E-state index is -3.78. The Bertz CT molecular complexity index is 665. The van der Waals surface area contributed by atoms with Crippen LogP contribution in [0.2, 0.25) is 0 Å². The van der Waals surface area contributed by atoms with Gasteiger partial charge in [0.05, 0.1) is 9.82 Å². The van der Waals surface area contributed by atoms with Crippen LogP contribution >= 0.6 is 0 Å². The van der Waals surface area contributed by atoms with E-state index in [1.54, 1.807) is 6.92 Å². The Morgan fingerprint density at radius 3 is 2.38 bits per heavy atom. The Morgan fingerprint density at radius 2 is 1.86 bits per heavy atom. The average molecular weight is 313 g/mol. The Labute approximate surface area is 122 Å². The number of amides is 1. The first-order chi connectivity index (χ1) is 9.86. The Morgan fingerprint density at radius 1 is 1.24 bits per heavy atom. The number of nitro benzene ring substituents is 1. The lowest BCUT2D eigenvalue weighted by molar-refractivity contribution is -0.385. The van der Waals surface area contributed by atoms with Crippen molar-refractivity contribution in [3.05, 3.63) is 33.9 Å². The average Bonchev–Trinajstić information content (AvgIpc) is 2.47. The van der Waals surface area contributed by atoms with Crippen molar-refractivity contribution in [2.45, 2.75) is 11.8 Å². The molecule has 1 aromatic carbocycles. The largest absolute Gasteiger partial charge is 0.343 e. The highest BCUT2D eigenvalue weighted by Crippen LogP contribution is 2.25. The summed E-state index contributed by atoms with van der Waals surface area (Å²) in [6.07, 6.45) is 0.681. The van der Waals surface area contributed by atoms with Gasteiger partial charge >= 0.3 is 0 Å². The smallest absolute Gasteiger partial charge is 0.273 e. The van der Waals surface area contributed by atoms with Crippen molar-refractivity contribution in [2.24, 2.45) is 0 Å². The van der Waals surface area contributed by atoms with Crippen LogP contribution in [-0.2, 0) is 14.8 Å². The molecule has 1 heterocycles. The lowest BCUT2D eigenvalue weighted by atomic mass is 10.2. The van der Waals surface area contributed by atoms with E-state index in [4.69, 9.17) is 0 Å². The highest BCUT2D eigenvalue weighted by Gasteiger charge is 2.29. The molecule has 0 spiro atoms. The molecular formula is C12H15N3O5S. The molecule has 1 aromatic rings. The van der Waals surface area contributed by atoms with E-state index in [0.717, 1.165) is 6.07 Å². The first-order valence-electron chi connectivity index (χ1n) is 6.31. The van der Waals surface area contributed by atoms with Crippen LogP contribution in [0.4, 0.5) is 5.69 Å². The SMILES string of the molecule is Cc1ccc(S(=O)(=O)N2CCN(C=O)CC2)cc1[N+](=O)[O-]. The van der Waals surface area contributed by atoms with E-state index in [1.165, 1.54) is 21.3 Å². The Kier molecular flexibility index (Phi) is 4.24. The lowest BCUT2D eigenvalue weighted by Gasteiger charge is -2.31. The second-order valence-electron chi connectivity index (χ2n) is 4.75. The summed E-state index contributed by atoms with van der Waals surface area (Å²) in [5.74, 6) is 0. The molecule has 114 valence electrons. The summed E-state index contributed by atoms with van der Waals surface area (Å²) in [4.78, 5) is 22.3. The van der Waals surface area contributed by atoms with Crippen molar-refractivity contribution < 1.29 is 18.1 Å². The van der Waals surface area contributed by atoms with Crippen molar-refractivity contribution in [1.82, 2.24) is 9.21 Å². The number of hydrogen-bond donors (Lipinski definition) is 0. The van der Waals surface area contributed by atoms with E-state index in [0.29, 0.717) is 25.1 Å². The fourth-order valence-electron chi connectivity index (χ4n) is 2.14. The highest BCUT2D eigenvalue weighted by atomic mass is 32.2. The fourth-order valence-corrected chi connectivity index (χ4v) is 3.59. The van der Waals surface area contributed by atoms with Crippen LogP contribution in [0.25, 0.3) is 0 Å². The monoisotopic (exact) mass is 313 g/mol. The lowest BCUT2D eigenvalue weighted by Crippen LogP contribution is -2.47. The van der Waals surface area contributed by atoms with Crippen molar-refractivity contribution in [3.8, 4) is 0 Å². The molecule has 0 atom stereocenters. The normalized spacial score (nSPS) is 16.7. The fraction of sp³-hybridized carbons (Fsp3) is 0.417. The van der Waals surface area contributed by atoms with Crippen molar-refractivity contribution >= 4 is 22.1 Å². The van der Waals surface area contributed by atoms with Crippen LogP contribution in [0.5, 0.6) is 0 Å². The zero-order chi connectivity index (χ0) is 15.6. The predicted molar refractivity (Wildman–Crippen MR) is 74.2 cm³/mol. The molecule has 1 saturated heterocycles. The summed E-state index contributed by atoms with van der Waals surface area (Å²) >= 11 is 0. The number of carbonyl (C=O) groups excluding carboxylic acids is 1. The molecule has 2 rings (SSSR count). The summed E-state index contributed by atoms with van der Waals surface area (Å²) in [5, 5.41) is 10.9. The van der Waals surface area contributed by atoms with Crippen LogP contribution in [-0.4, -0.2) is 55.1 Å². The van der Waals surface area contributed by atoms with E-state index >= 15 is 0 Å². The van der Waals surface area contributed by atoms with Crippen LogP contribution in [0.15, 0.2) is 23.1 Å². The molecule has 0 radical (unpaired) electrons. The topological polar surface area (TPSA) is 101 Å². The number of benzene rings is 1. The molecule has 0 N–H and O–H groups in total.